The summed E-state index contributed by atoms with van der Waals surface area (Å²) in [7, 11) is 3.14. The minimum Gasteiger partial charge on any atom is -0.469 e. The first-order valence-electron chi connectivity index (χ1n) is 5.57. The van der Waals surface area contributed by atoms with E-state index in [1.807, 2.05) is 0 Å². The van der Waals surface area contributed by atoms with Gasteiger partial charge in [-0.2, -0.15) is 11.8 Å². The molecule has 96 valence electrons. The normalized spacial score (nSPS) is 12.4. The van der Waals surface area contributed by atoms with Crippen molar-refractivity contribution in [3.05, 3.63) is 0 Å². The molecule has 0 amide bonds. The van der Waals surface area contributed by atoms with E-state index in [0.717, 1.165) is 31.1 Å². The van der Waals surface area contributed by atoms with E-state index in [2.05, 4.69) is 17.0 Å². The standard InChI is InChI=1S/C11H23NO3S/c1-10(4-7-14-2)12-6-9-16-8-5-11(13)15-3/h10,12H,4-9H2,1-3H3. The third kappa shape index (κ3) is 10.3. The van der Waals surface area contributed by atoms with E-state index in [4.69, 9.17) is 4.74 Å². The van der Waals surface area contributed by atoms with Crippen molar-refractivity contribution < 1.29 is 14.3 Å². The van der Waals surface area contributed by atoms with Gasteiger partial charge in [-0.1, -0.05) is 0 Å². The minimum absolute atomic E-state index is 0.131. The van der Waals surface area contributed by atoms with Gasteiger partial charge in [0, 0.05) is 37.8 Å². The van der Waals surface area contributed by atoms with Crippen LogP contribution < -0.4 is 5.32 Å². The Balaban J connectivity index is 3.17. The van der Waals surface area contributed by atoms with Gasteiger partial charge >= 0.3 is 5.97 Å². The smallest absolute Gasteiger partial charge is 0.306 e. The Kier molecular flexibility index (Phi) is 11.0. The molecule has 0 fully saturated rings. The van der Waals surface area contributed by atoms with E-state index < -0.39 is 0 Å². The first-order valence-corrected chi connectivity index (χ1v) is 6.73. The number of hydrogen-bond donors (Lipinski definition) is 1. The van der Waals surface area contributed by atoms with Gasteiger partial charge in [0.25, 0.3) is 0 Å². The molecule has 0 bridgehead atoms. The van der Waals surface area contributed by atoms with Gasteiger partial charge in [0.1, 0.15) is 0 Å². The van der Waals surface area contributed by atoms with Gasteiger partial charge in [0.2, 0.25) is 0 Å². The fourth-order valence-corrected chi connectivity index (χ4v) is 1.91. The lowest BCUT2D eigenvalue weighted by Gasteiger charge is -2.12. The summed E-state index contributed by atoms with van der Waals surface area (Å²) < 4.78 is 9.56. The molecule has 16 heavy (non-hydrogen) atoms. The highest BCUT2D eigenvalue weighted by atomic mass is 32.2. The van der Waals surface area contributed by atoms with Gasteiger partial charge in [-0.3, -0.25) is 4.79 Å². The first kappa shape index (κ1) is 15.7. The molecule has 1 N–H and O–H groups in total. The molecule has 0 rings (SSSR count). The summed E-state index contributed by atoms with van der Waals surface area (Å²) in [4.78, 5) is 10.8. The van der Waals surface area contributed by atoms with E-state index >= 15 is 0 Å². The highest BCUT2D eigenvalue weighted by molar-refractivity contribution is 7.99. The predicted molar refractivity (Wildman–Crippen MR) is 67.9 cm³/mol. The van der Waals surface area contributed by atoms with Crippen molar-refractivity contribution >= 4 is 17.7 Å². The summed E-state index contributed by atoms with van der Waals surface area (Å²) in [5, 5.41) is 3.40. The largest absolute Gasteiger partial charge is 0.469 e. The molecular formula is C11H23NO3S. The Morgan fingerprint density at radius 1 is 1.38 bits per heavy atom. The third-order valence-corrected chi connectivity index (χ3v) is 3.16. The maximum atomic E-state index is 10.8. The van der Waals surface area contributed by atoms with Crippen LogP contribution in [0, 0.1) is 0 Å². The Bertz CT molecular complexity index is 179. The van der Waals surface area contributed by atoms with Crippen LogP contribution >= 0.6 is 11.8 Å². The van der Waals surface area contributed by atoms with Crippen LogP contribution in [-0.2, 0) is 14.3 Å². The lowest BCUT2D eigenvalue weighted by atomic mass is 10.2. The van der Waals surface area contributed by atoms with Crippen molar-refractivity contribution in [1.29, 1.82) is 0 Å². The van der Waals surface area contributed by atoms with Crippen molar-refractivity contribution in [3.8, 4) is 0 Å². The number of nitrogens with one attached hydrogen (secondary N) is 1. The number of esters is 1. The number of carbonyl (C=O) groups excluding carboxylic acids is 1. The highest BCUT2D eigenvalue weighted by Gasteiger charge is 2.01. The molecule has 0 aliphatic heterocycles. The van der Waals surface area contributed by atoms with Crippen molar-refractivity contribution in [3.63, 3.8) is 0 Å². The molecule has 1 unspecified atom stereocenters. The lowest BCUT2D eigenvalue weighted by molar-refractivity contribution is -0.140. The summed E-state index contributed by atoms with van der Waals surface area (Å²) in [5.74, 6) is 1.73. The minimum atomic E-state index is -0.131. The van der Waals surface area contributed by atoms with Crippen molar-refractivity contribution in [2.45, 2.75) is 25.8 Å². The molecule has 0 aliphatic carbocycles. The van der Waals surface area contributed by atoms with Gasteiger partial charge in [0.15, 0.2) is 0 Å². The Hall–Kier alpha value is -0.260. The zero-order chi connectivity index (χ0) is 12.2. The lowest BCUT2D eigenvalue weighted by Crippen LogP contribution is -2.29. The van der Waals surface area contributed by atoms with Crippen LogP contribution in [0.5, 0.6) is 0 Å². The predicted octanol–water partition coefficient (Wildman–Crippen LogP) is 1.30. The molecule has 0 aromatic rings. The molecular weight excluding hydrogens is 226 g/mol. The summed E-state index contributed by atoms with van der Waals surface area (Å²) >= 11 is 1.77. The third-order valence-electron chi connectivity index (χ3n) is 2.17. The fraction of sp³-hybridized carbons (Fsp3) is 0.909. The monoisotopic (exact) mass is 249 g/mol. The van der Waals surface area contributed by atoms with Crippen LogP contribution in [0.1, 0.15) is 19.8 Å². The summed E-state index contributed by atoms with van der Waals surface area (Å²) in [6.45, 7) is 3.92. The van der Waals surface area contributed by atoms with E-state index in [-0.39, 0.29) is 5.97 Å². The number of thioether (sulfide) groups is 1. The zero-order valence-corrected chi connectivity index (χ0v) is 11.3. The second kappa shape index (κ2) is 11.2. The van der Waals surface area contributed by atoms with Gasteiger partial charge in [0.05, 0.1) is 13.5 Å². The maximum Gasteiger partial charge on any atom is 0.306 e. The molecule has 1 atom stereocenters. The second-order valence-electron chi connectivity index (χ2n) is 3.58. The average Bonchev–Trinajstić information content (AvgIpc) is 2.30. The molecule has 0 saturated heterocycles. The molecule has 0 aromatic heterocycles. The molecule has 0 aromatic carbocycles. The fourth-order valence-electron chi connectivity index (χ4n) is 1.13. The first-order chi connectivity index (χ1) is 7.70. The van der Waals surface area contributed by atoms with Crippen molar-refractivity contribution in [2.24, 2.45) is 0 Å². The van der Waals surface area contributed by atoms with Gasteiger partial charge in [-0.25, -0.2) is 0 Å². The van der Waals surface area contributed by atoms with Crippen molar-refractivity contribution in [2.75, 3.05) is 38.9 Å². The molecule has 0 aliphatic rings. The Labute approximate surface area is 102 Å². The molecule has 5 heteroatoms. The van der Waals surface area contributed by atoms with Crippen LogP contribution in [0.2, 0.25) is 0 Å². The zero-order valence-electron chi connectivity index (χ0n) is 10.5. The molecule has 0 saturated carbocycles. The van der Waals surface area contributed by atoms with Gasteiger partial charge in [-0.05, 0) is 13.3 Å². The number of hydrogen-bond acceptors (Lipinski definition) is 5. The van der Waals surface area contributed by atoms with E-state index in [1.165, 1.54) is 7.11 Å². The van der Waals surface area contributed by atoms with E-state index in [1.54, 1.807) is 18.9 Å². The second-order valence-corrected chi connectivity index (χ2v) is 4.80. The summed E-state index contributed by atoms with van der Waals surface area (Å²) in [5.41, 5.74) is 0. The van der Waals surface area contributed by atoms with Crippen LogP contribution in [0.4, 0.5) is 0 Å². The van der Waals surface area contributed by atoms with Crippen molar-refractivity contribution in [1.82, 2.24) is 5.32 Å². The molecule has 4 nitrogen and oxygen atoms in total. The number of rotatable bonds is 10. The average molecular weight is 249 g/mol. The quantitative estimate of drug-likeness (QED) is 0.467. The topological polar surface area (TPSA) is 47.6 Å². The van der Waals surface area contributed by atoms with E-state index in [0.29, 0.717) is 12.5 Å². The SMILES string of the molecule is COCCC(C)NCCSCCC(=O)OC. The Morgan fingerprint density at radius 3 is 2.75 bits per heavy atom. The van der Waals surface area contributed by atoms with Gasteiger partial charge in [-0.15, -0.1) is 0 Å². The van der Waals surface area contributed by atoms with E-state index in [9.17, 15) is 4.79 Å². The Morgan fingerprint density at radius 2 is 2.12 bits per heavy atom. The summed E-state index contributed by atoms with van der Waals surface area (Å²) in [6.07, 6.45) is 1.53. The number of methoxy groups -OCH3 is 2. The highest BCUT2D eigenvalue weighted by Crippen LogP contribution is 2.02. The van der Waals surface area contributed by atoms with Crippen LogP contribution in [0.3, 0.4) is 0 Å². The number of carbonyl (C=O) groups is 1. The van der Waals surface area contributed by atoms with Gasteiger partial charge < -0.3 is 14.8 Å². The van der Waals surface area contributed by atoms with Crippen LogP contribution in [-0.4, -0.2) is 50.9 Å². The molecule has 0 spiro atoms. The van der Waals surface area contributed by atoms with Crippen LogP contribution in [0.25, 0.3) is 0 Å². The maximum absolute atomic E-state index is 10.8. The molecule has 0 heterocycles. The molecule has 0 radical (unpaired) electrons. The summed E-state index contributed by atoms with van der Waals surface area (Å²) in [6, 6.07) is 0.487. The van der Waals surface area contributed by atoms with Crippen LogP contribution in [0.15, 0.2) is 0 Å². The number of ether oxygens (including phenoxy) is 2.